The SMILES string of the molecule is OCCC=Cc1cccc(CBr)c1. The lowest BCUT2D eigenvalue weighted by molar-refractivity contribution is 0.303. The Bertz CT molecular complexity index is 281. The van der Waals surface area contributed by atoms with E-state index in [9.17, 15) is 0 Å². The molecule has 0 heterocycles. The highest BCUT2D eigenvalue weighted by atomic mass is 79.9. The zero-order chi connectivity index (χ0) is 9.52. The summed E-state index contributed by atoms with van der Waals surface area (Å²) in [5.41, 5.74) is 2.46. The standard InChI is InChI=1S/C11H13BrO/c12-9-11-6-3-5-10(8-11)4-1-2-7-13/h1,3-6,8,13H,2,7,9H2. The molecule has 0 aromatic heterocycles. The van der Waals surface area contributed by atoms with E-state index < -0.39 is 0 Å². The number of alkyl halides is 1. The summed E-state index contributed by atoms with van der Waals surface area (Å²) >= 11 is 3.41. The highest BCUT2D eigenvalue weighted by Gasteiger charge is 1.90. The molecule has 0 saturated heterocycles. The van der Waals surface area contributed by atoms with E-state index in [0.29, 0.717) is 0 Å². The van der Waals surface area contributed by atoms with Crippen LogP contribution in [0.15, 0.2) is 30.3 Å². The van der Waals surface area contributed by atoms with E-state index in [1.54, 1.807) is 0 Å². The van der Waals surface area contributed by atoms with Crippen LogP contribution in [0.1, 0.15) is 17.5 Å². The quantitative estimate of drug-likeness (QED) is 0.803. The smallest absolute Gasteiger partial charge is 0.0465 e. The molecule has 0 bridgehead atoms. The van der Waals surface area contributed by atoms with E-state index >= 15 is 0 Å². The Morgan fingerprint density at radius 3 is 2.92 bits per heavy atom. The van der Waals surface area contributed by atoms with E-state index in [1.807, 2.05) is 18.2 Å². The maximum Gasteiger partial charge on any atom is 0.0465 e. The fourth-order valence-electron chi connectivity index (χ4n) is 1.07. The van der Waals surface area contributed by atoms with E-state index in [2.05, 4.69) is 34.1 Å². The number of benzene rings is 1. The minimum Gasteiger partial charge on any atom is -0.396 e. The molecule has 1 N–H and O–H groups in total. The van der Waals surface area contributed by atoms with Crippen molar-refractivity contribution >= 4 is 22.0 Å². The first-order valence-electron chi connectivity index (χ1n) is 4.29. The van der Waals surface area contributed by atoms with Gasteiger partial charge in [-0.3, -0.25) is 0 Å². The van der Waals surface area contributed by atoms with Crippen LogP contribution in [-0.4, -0.2) is 11.7 Å². The van der Waals surface area contributed by atoms with Crippen molar-refractivity contribution in [1.82, 2.24) is 0 Å². The molecular formula is C11H13BrO. The zero-order valence-electron chi connectivity index (χ0n) is 7.41. The minimum atomic E-state index is 0.217. The molecule has 0 unspecified atom stereocenters. The Morgan fingerprint density at radius 2 is 2.23 bits per heavy atom. The van der Waals surface area contributed by atoms with Crippen LogP contribution >= 0.6 is 15.9 Å². The average molecular weight is 241 g/mol. The molecule has 0 atom stereocenters. The lowest BCUT2D eigenvalue weighted by atomic mass is 10.1. The first-order chi connectivity index (χ1) is 6.36. The number of aliphatic hydroxyl groups excluding tert-OH is 1. The van der Waals surface area contributed by atoms with Crippen molar-refractivity contribution in [3.63, 3.8) is 0 Å². The van der Waals surface area contributed by atoms with Gasteiger partial charge >= 0.3 is 0 Å². The van der Waals surface area contributed by atoms with E-state index in [4.69, 9.17) is 5.11 Å². The van der Waals surface area contributed by atoms with Gasteiger partial charge in [-0.2, -0.15) is 0 Å². The Kier molecular flexibility index (Phi) is 4.79. The summed E-state index contributed by atoms with van der Waals surface area (Å²) in [6.07, 6.45) is 4.73. The number of halogens is 1. The third-order valence-corrected chi connectivity index (χ3v) is 2.36. The molecule has 1 nitrogen and oxygen atoms in total. The second kappa shape index (κ2) is 5.95. The zero-order valence-corrected chi connectivity index (χ0v) is 9.00. The van der Waals surface area contributed by atoms with Crippen molar-refractivity contribution < 1.29 is 5.11 Å². The van der Waals surface area contributed by atoms with Gasteiger partial charge in [0.15, 0.2) is 0 Å². The summed E-state index contributed by atoms with van der Waals surface area (Å²) in [5, 5.41) is 9.47. The molecule has 0 spiro atoms. The largest absolute Gasteiger partial charge is 0.396 e. The molecule has 0 aliphatic carbocycles. The first kappa shape index (κ1) is 10.5. The molecular weight excluding hydrogens is 228 g/mol. The predicted octanol–water partition coefficient (Wildman–Crippen LogP) is 2.98. The summed E-state index contributed by atoms with van der Waals surface area (Å²) < 4.78 is 0. The van der Waals surface area contributed by atoms with Crippen LogP contribution in [0.25, 0.3) is 6.08 Å². The van der Waals surface area contributed by atoms with Gasteiger partial charge in [0.1, 0.15) is 0 Å². The van der Waals surface area contributed by atoms with Crippen LogP contribution < -0.4 is 0 Å². The van der Waals surface area contributed by atoms with Gasteiger partial charge in [0, 0.05) is 11.9 Å². The van der Waals surface area contributed by atoms with Gasteiger partial charge in [-0.1, -0.05) is 52.3 Å². The lowest BCUT2D eigenvalue weighted by Gasteiger charge is -1.97. The van der Waals surface area contributed by atoms with Crippen molar-refractivity contribution in [2.24, 2.45) is 0 Å². The van der Waals surface area contributed by atoms with Gasteiger partial charge in [-0.05, 0) is 17.5 Å². The predicted molar refractivity (Wildman–Crippen MR) is 59.8 cm³/mol. The van der Waals surface area contributed by atoms with Crippen LogP contribution in [0.4, 0.5) is 0 Å². The topological polar surface area (TPSA) is 20.2 Å². The van der Waals surface area contributed by atoms with Crippen molar-refractivity contribution in [3.05, 3.63) is 41.5 Å². The second-order valence-corrected chi connectivity index (χ2v) is 3.35. The maximum atomic E-state index is 8.59. The van der Waals surface area contributed by atoms with Crippen molar-refractivity contribution in [2.45, 2.75) is 11.8 Å². The number of aliphatic hydroxyl groups is 1. The van der Waals surface area contributed by atoms with Crippen LogP contribution in [0.3, 0.4) is 0 Å². The lowest BCUT2D eigenvalue weighted by Crippen LogP contribution is -1.79. The normalized spacial score (nSPS) is 10.9. The third kappa shape index (κ3) is 3.75. The van der Waals surface area contributed by atoms with Crippen LogP contribution in [0.5, 0.6) is 0 Å². The Morgan fingerprint density at radius 1 is 1.38 bits per heavy atom. The monoisotopic (exact) mass is 240 g/mol. The van der Waals surface area contributed by atoms with Gasteiger partial charge < -0.3 is 5.11 Å². The molecule has 0 radical (unpaired) electrons. The summed E-state index contributed by atoms with van der Waals surface area (Å²) in [5.74, 6) is 0. The second-order valence-electron chi connectivity index (χ2n) is 2.79. The van der Waals surface area contributed by atoms with Crippen LogP contribution in [-0.2, 0) is 5.33 Å². The van der Waals surface area contributed by atoms with E-state index in [1.165, 1.54) is 11.1 Å². The first-order valence-corrected chi connectivity index (χ1v) is 5.41. The molecule has 0 aliphatic heterocycles. The molecule has 0 saturated carbocycles. The fourth-order valence-corrected chi connectivity index (χ4v) is 1.42. The van der Waals surface area contributed by atoms with Crippen LogP contribution in [0.2, 0.25) is 0 Å². The molecule has 0 fully saturated rings. The molecule has 70 valence electrons. The van der Waals surface area contributed by atoms with E-state index in [-0.39, 0.29) is 6.61 Å². The van der Waals surface area contributed by atoms with Gasteiger partial charge in [0.25, 0.3) is 0 Å². The number of hydrogen-bond donors (Lipinski definition) is 1. The highest BCUT2D eigenvalue weighted by Crippen LogP contribution is 2.10. The summed E-state index contributed by atoms with van der Waals surface area (Å²) in [7, 11) is 0. The molecule has 13 heavy (non-hydrogen) atoms. The number of hydrogen-bond acceptors (Lipinski definition) is 1. The number of rotatable bonds is 4. The molecule has 0 amide bonds. The molecule has 1 aromatic carbocycles. The Balaban J connectivity index is 2.66. The van der Waals surface area contributed by atoms with Gasteiger partial charge in [-0.25, -0.2) is 0 Å². The van der Waals surface area contributed by atoms with Crippen molar-refractivity contribution in [2.75, 3.05) is 6.61 Å². The Labute approximate surface area is 87.2 Å². The molecule has 2 heteroatoms. The average Bonchev–Trinajstić information content (AvgIpc) is 2.19. The van der Waals surface area contributed by atoms with Gasteiger partial charge in [-0.15, -0.1) is 0 Å². The highest BCUT2D eigenvalue weighted by molar-refractivity contribution is 9.08. The fraction of sp³-hybridized carbons (Fsp3) is 0.273. The van der Waals surface area contributed by atoms with Crippen LogP contribution in [0, 0.1) is 0 Å². The molecule has 1 rings (SSSR count). The molecule has 0 aliphatic rings. The maximum absolute atomic E-state index is 8.59. The van der Waals surface area contributed by atoms with Crippen molar-refractivity contribution in [3.8, 4) is 0 Å². The van der Waals surface area contributed by atoms with Crippen molar-refractivity contribution in [1.29, 1.82) is 0 Å². The van der Waals surface area contributed by atoms with Gasteiger partial charge in [0.05, 0.1) is 0 Å². The minimum absolute atomic E-state index is 0.217. The third-order valence-electron chi connectivity index (χ3n) is 1.71. The summed E-state index contributed by atoms with van der Waals surface area (Å²) in [6.45, 7) is 0.217. The van der Waals surface area contributed by atoms with Gasteiger partial charge in [0.2, 0.25) is 0 Å². The summed E-state index contributed by atoms with van der Waals surface area (Å²) in [6, 6.07) is 8.30. The molecule has 1 aromatic rings. The summed E-state index contributed by atoms with van der Waals surface area (Å²) in [4.78, 5) is 0. The Hall–Kier alpha value is -0.600. The van der Waals surface area contributed by atoms with E-state index in [0.717, 1.165) is 11.8 Å².